The third-order valence-corrected chi connectivity index (χ3v) is 4.29. The van der Waals surface area contributed by atoms with Gasteiger partial charge in [-0.1, -0.05) is 12.1 Å². The molecule has 1 saturated heterocycles. The van der Waals surface area contributed by atoms with Crippen LogP contribution in [0.25, 0.3) is 0 Å². The molecular formula is C15H17FN2S. The van der Waals surface area contributed by atoms with Gasteiger partial charge in [-0.05, 0) is 40.1 Å². The number of piperazine rings is 1. The molecule has 0 aliphatic carbocycles. The van der Waals surface area contributed by atoms with Crippen LogP contribution in [0.1, 0.15) is 17.2 Å². The van der Waals surface area contributed by atoms with E-state index in [0.717, 1.165) is 31.7 Å². The maximum atomic E-state index is 13.4. The Labute approximate surface area is 116 Å². The molecule has 100 valence electrons. The molecule has 1 fully saturated rings. The van der Waals surface area contributed by atoms with Crippen LogP contribution in [0.3, 0.4) is 0 Å². The second-order valence-corrected chi connectivity index (χ2v) is 5.66. The molecule has 0 radical (unpaired) electrons. The summed E-state index contributed by atoms with van der Waals surface area (Å²) in [5.74, 6) is -0.154. The van der Waals surface area contributed by atoms with Gasteiger partial charge in [0.15, 0.2) is 0 Å². The summed E-state index contributed by atoms with van der Waals surface area (Å²) in [6.07, 6.45) is 0. The first kappa shape index (κ1) is 12.8. The van der Waals surface area contributed by atoms with Gasteiger partial charge in [-0.15, -0.1) is 0 Å². The van der Waals surface area contributed by atoms with Crippen molar-refractivity contribution >= 4 is 11.3 Å². The number of rotatable bonds is 3. The molecule has 0 saturated carbocycles. The van der Waals surface area contributed by atoms with E-state index in [-0.39, 0.29) is 11.9 Å². The molecule has 0 spiro atoms. The Morgan fingerprint density at radius 1 is 1.37 bits per heavy atom. The van der Waals surface area contributed by atoms with E-state index in [9.17, 15) is 4.39 Å². The minimum atomic E-state index is -0.154. The Kier molecular flexibility index (Phi) is 3.92. The summed E-state index contributed by atoms with van der Waals surface area (Å²) in [7, 11) is 0. The van der Waals surface area contributed by atoms with E-state index >= 15 is 0 Å². The molecule has 1 aromatic heterocycles. The standard InChI is InChI=1S/C15H17FN2S/c16-14-3-1-2-13(8-14)15-9-17-5-6-18(15)10-12-4-7-19-11-12/h1-4,7-8,11,15,17H,5-6,9-10H2. The van der Waals surface area contributed by atoms with E-state index in [0.29, 0.717) is 0 Å². The monoisotopic (exact) mass is 276 g/mol. The molecular weight excluding hydrogens is 259 g/mol. The molecule has 1 aliphatic heterocycles. The van der Waals surface area contributed by atoms with E-state index in [1.54, 1.807) is 23.5 Å². The van der Waals surface area contributed by atoms with Crippen LogP contribution in [-0.2, 0) is 6.54 Å². The SMILES string of the molecule is Fc1cccc(C2CNCCN2Cc2ccsc2)c1. The van der Waals surface area contributed by atoms with E-state index in [4.69, 9.17) is 0 Å². The Bertz CT molecular complexity index is 527. The highest BCUT2D eigenvalue weighted by Crippen LogP contribution is 2.25. The molecule has 0 amide bonds. The van der Waals surface area contributed by atoms with Crippen LogP contribution in [-0.4, -0.2) is 24.5 Å². The minimum absolute atomic E-state index is 0.154. The van der Waals surface area contributed by atoms with Crippen molar-refractivity contribution in [3.05, 3.63) is 58.0 Å². The van der Waals surface area contributed by atoms with Crippen molar-refractivity contribution in [1.29, 1.82) is 0 Å². The maximum Gasteiger partial charge on any atom is 0.123 e. The fraction of sp³-hybridized carbons (Fsp3) is 0.333. The largest absolute Gasteiger partial charge is 0.314 e. The van der Waals surface area contributed by atoms with Crippen molar-refractivity contribution in [2.45, 2.75) is 12.6 Å². The second kappa shape index (κ2) is 5.82. The van der Waals surface area contributed by atoms with Gasteiger partial charge in [0.25, 0.3) is 0 Å². The van der Waals surface area contributed by atoms with Crippen molar-refractivity contribution < 1.29 is 4.39 Å². The molecule has 4 heteroatoms. The van der Waals surface area contributed by atoms with Gasteiger partial charge in [-0.2, -0.15) is 11.3 Å². The van der Waals surface area contributed by atoms with Crippen LogP contribution in [0.15, 0.2) is 41.1 Å². The number of hydrogen-bond donors (Lipinski definition) is 1. The van der Waals surface area contributed by atoms with Crippen LogP contribution < -0.4 is 5.32 Å². The van der Waals surface area contributed by atoms with Crippen molar-refractivity contribution in [3.8, 4) is 0 Å². The summed E-state index contributed by atoms with van der Waals surface area (Å²) in [6.45, 7) is 3.81. The van der Waals surface area contributed by atoms with Crippen molar-refractivity contribution in [1.82, 2.24) is 10.2 Å². The molecule has 1 unspecified atom stereocenters. The first-order chi connectivity index (χ1) is 9.33. The normalized spacial score (nSPS) is 20.6. The molecule has 3 rings (SSSR count). The topological polar surface area (TPSA) is 15.3 Å². The molecule has 0 bridgehead atoms. The Morgan fingerprint density at radius 2 is 2.32 bits per heavy atom. The summed E-state index contributed by atoms with van der Waals surface area (Å²) >= 11 is 1.73. The molecule has 2 aromatic rings. The molecule has 2 heterocycles. The quantitative estimate of drug-likeness (QED) is 0.927. The van der Waals surface area contributed by atoms with Crippen molar-refractivity contribution in [2.75, 3.05) is 19.6 Å². The fourth-order valence-corrected chi connectivity index (χ4v) is 3.26. The number of nitrogens with zero attached hydrogens (tertiary/aromatic N) is 1. The molecule has 1 atom stereocenters. The number of nitrogens with one attached hydrogen (secondary N) is 1. The first-order valence-electron chi connectivity index (χ1n) is 6.54. The van der Waals surface area contributed by atoms with E-state index in [1.807, 2.05) is 6.07 Å². The van der Waals surface area contributed by atoms with E-state index in [2.05, 4.69) is 27.0 Å². The zero-order chi connectivity index (χ0) is 13.1. The maximum absolute atomic E-state index is 13.4. The van der Waals surface area contributed by atoms with Crippen molar-refractivity contribution in [2.24, 2.45) is 0 Å². The minimum Gasteiger partial charge on any atom is -0.314 e. The highest BCUT2D eigenvalue weighted by molar-refractivity contribution is 7.07. The van der Waals surface area contributed by atoms with Crippen LogP contribution >= 0.6 is 11.3 Å². The predicted molar refractivity (Wildman–Crippen MR) is 76.7 cm³/mol. The third kappa shape index (κ3) is 3.03. The average Bonchev–Trinajstić information content (AvgIpc) is 2.92. The van der Waals surface area contributed by atoms with Gasteiger partial charge >= 0.3 is 0 Å². The van der Waals surface area contributed by atoms with Gasteiger partial charge in [0.2, 0.25) is 0 Å². The van der Waals surface area contributed by atoms with E-state index < -0.39 is 0 Å². The van der Waals surface area contributed by atoms with Gasteiger partial charge in [0.1, 0.15) is 5.82 Å². The Morgan fingerprint density at radius 3 is 3.11 bits per heavy atom. The number of hydrogen-bond acceptors (Lipinski definition) is 3. The zero-order valence-corrected chi connectivity index (χ0v) is 11.5. The third-order valence-electron chi connectivity index (χ3n) is 3.55. The zero-order valence-electron chi connectivity index (χ0n) is 10.7. The van der Waals surface area contributed by atoms with Gasteiger partial charge in [0.05, 0.1) is 0 Å². The average molecular weight is 276 g/mol. The lowest BCUT2D eigenvalue weighted by atomic mass is 10.0. The lowest BCUT2D eigenvalue weighted by Gasteiger charge is -2.36. The molecule has 19 heavy (non-hydrogen) atoms. The van der Waals surface area contributed by atoms with Crippen LogP contribution in [0.5, 0.6) is 0 Å². The van der Waals surface area contributed by atoms with Crippen LogP contribution in [0.4, 0.5) is 4.39 Å². The molecule has 1 N–H and O–H groups in total. The smallest absolute Gasteiger partial charge is 0.123 e. The number of halogens is 1. The Balaban J connectivity index is 1.80. The first-order valence-corrected chi connectivity index (χ1v) is 7.48. The summed E-state index contributed by atoms with van der Waals surface area (Å²) < 4.78 is 13.4. The molecule has 1 aromatic carbocycles. The fourth-order valence-electron chi connectivity index (χ4n) is 2.60. The molecule has 1 aliphatic rings. The lowest BCUT2D eigenvalue weighted by molar-refractivity contribution is 0.153. The van der Waals surface area contributed by atoms with Gasteiger partial charge in [-0.25, -0.2) is 4.39 Å². The summed E-state index contributed by atoms with van der Waals surface area (Å²) in [4.78, 5) is 2.42. The lowest BCUT2D eigenvalue weighted by Crippen LogP contribution is -2.45. The van der Waals surface area contributed by atoms with E-state index in [1.165, 1.54) is 11.6 Å². The second-order valence-electron chi connectivity index (χ2n) is 4.88. The van der Waals surface area contributed by atoms with Gasteiger partial charge in [0, 0.05) is 32.2 Å². The summed E-state index contributed by atoms with van der Waals surface area (Å²) in [5, 5.41) is 7.69. The van der Waals surface area contributed by atoms with Gasteiger partial charge in [-0.3, -0.25) is 4.90 Å². The van der Waals surface area contributed by atoms with Gasteiger partial charge < -0.3 is 5.32 Å². The van der Waals surface area contributed by atoms with Crippen LogP contribution in [0.2, 0.25) is 0 Å². The Hall–Kier alpha value is -1.23. The highest BCUT2D eigenvalue weighted by atomic mass is 32.1. The highest BCUT2D eigenvalue weighted by Gasteiger charge is 2.24. The summed E-state index contributed by atoms with van der Waals surface area (Å²) in [6, 6.07) is 9.38. The summed E-state index contributed by atoms with van der Waals surface area (Å²) in [5.41, 5.74) is 2.40. The number of benzene rings is 1. The predicted octanol–water partition coefficient (Wildman–Crippen LogP) is 3.03. The molecule has 2 nitrogen and oxygen atoms in total. The van der Waals surface area contributed by atoms with Crippen molar-refractivity contribution in [3.63, 3.8) is 0 Å². The number of thiophene rings is 1. The van der Waals surface area contributed by atoms with Crippen LogP contribution in [0, 0.1) is 5.82 Å².